The minimum atomic E-state index is -4.28. The average Bonchev–Trinajstić information content (AvgIpc) is 2.46. The van der Waals surface area contributed by atoms with Crippen molar-refractivity contribution >= 4 is 0 Å². The van der Waals surface area contributed by atoms with Gasteiger partial charge in [-0.05, 0) is 63.4 Å². The third-order valence-electron chi connectivity index (χ3n) is 4.56. The van der Waals surface area contributed by atoms with Crippen molar-refractivity contribution in [3.05, 3.63) is 35.4 Å². The number of halogens is 3. The number of hydrogen-bond acceptors (Lipinski definition) is 2. The summed E-state index contributed by atoms with van der Waals surface area (Å²) in [6.07, 6.45) is -2.25. The number of nitrogens with zero attached hydrogens (tertiary/aromatic N) is 1. The van der Waals surface area contributed by atoms with E-state index < -0.39 is 11.7 Å². The maximum absolute atomic E-state index is 12.8. The van der Waals surface area contributed by atoms with Crippen molar-refractivity contribution in [1.29, 1.82) is 0 Å². The second-order valence-electron chi connectivity index (χ2n) is 6.03. The van der Waals surface area contributed by atoms with Gasteiger partial charge in [-0.15, -0.1) is 0 Å². The van der Waals surface area contributed by atoms with E-state index in [1.165, 1.54) is 12.1 Å². The van der Waals surface area contributed by atoms with Crippen molar-refractivity contribution < 1.29 is 13.2 Å². The first-order valence-electron chi connectivity index (χ1n) is 7.46. The second-order valence-corrected chi connectivity index (χ2v) is 6.03. The lowest BCUT2D eigenvalue weighted by Crippen LogP contribution is -2.40. The van der Waals surface area contributed by atoms with E-state index in [9.17, 15) is 13.2 Å². The lowest BCUT2D eigenvalue weighted by molar-refractivity contribution is -0.137. The molecule has 1 aliphatic rings. The van der Waals surface area contributed by atoms with Crippen LogP contribution in [0.2, 0.25) is 0 Å². The first-order chi connectivity index (χ1) is 9.79. The number of benzene rings is 1. The highest BCUT2D eigenvalue weighted by Crippen LogP contribution is 2.33. The summed E-state index contributed by atoms with van der Waals surface area (Å²) in [6.45, 7) is 5.78. The number of alkyl halides is 3. The minimum Gasteiger partial charge on any atom is -0.328 e. The molecule has 1 aromatic rings. The van der Waals surface area contributed by atoms with Gasteiger partial charge in [-0.2, -0.15) is 13.2 Å². The second kappa shape index (κ2) is 6.36. The van der Waals surface area contributed by atoms with E-state index >= 15 is 0 Å². The Morgan fingerprint density at radius 2 is 1.81 bits per heavy atom. The van der Waals surface area contributed by atoms with Crippen LogP contribution in [0.1, 0.15) is 43.9 Å². The summed E-state index contributed by atoms with van der Waals surface area (Å²) in [5.74, 6) is 0.523. The van der Waals surface area contributed by atoms with E-state index in [0.717, 1.165) is 37.6 Å². The van der Waals surface area contributed by atoms with Crippen molar-refractivity contribution in [3.8, 4) is 0 Å². The first-order valence-corrected chi connectivity index (χ1v) is 7.46. The lowest BCUT2D eigenvalue weighted by Gasteiger charge is -2.37. The Kier molecular flexibility index (Phi) is 4.94. The van der Waals surface area contributed by atoms with E-state index in [1.807, 2.05) is 13.8 Å². The molecule has 0 saturated carbocycles. The highest BCUT2D eigenvalue weighted by atomic mass is 19.4. The van der Waals surface area contributed by atoms with Gasteiger partial charge in [-0.3, -0.25) is 4.90 Å². The van der Waals surface area contributed by atoms with Crippen LogP contribution in [0.25, 0.3) is 0 Å². The Morgan fingerprint density at radius 1 is 1.19 bits per heavy atom. The highest BCUT2D eigenvalue weighted by molar-refractivity contribution is 5.27. The molecule has 1 fully saturated rings. The molecule has 0 radical (unpaired) electrons. The molecule has 0 aromatic heterocycles. The smallest absolute Gasteiger partial charge is 0.328 e. The number of likely N-dealkylation sites (tertiary alicyclic amines) is 1. The van der Waals surface area contributed by atoms with Gasteiger partial charge in [-0.1, -0.05) is 12.1 Å². The molecule has 2 nitrogen and oxygen atoms in total. The molecular weight excluding hydrogens is 277 g/mol. The van der Waals surface area contributed by atoms with Crippen LogP contribution < -0.4 is 5.73 Å². The topological polar surface area (TPSA) is 29.3 Å². The summed E-state index contributed by atoms with van der Waals surface area (Å²) in [5, 5.41) is 0. The van der Waals surface area contributed by atoms with Crippen LogP contribution in [0.15, 0.2) is 24.3 Å². The van der Waals surface area contributed by atoms with E-state index in [4.69, 9.17) is 5.73 Å². The Balaban J connectivity index is 2.06. The standard InChI is InChI=1S/C16H23F3N2/c1-11(20)13-6-8-21(9-7-13)12(2)14-4-3-5-15(10-14)16(17,18)19/h3-5,10-13H,6-9,20H2,1-2H3. The molecule has 2 N–H and O–H groups in total. The van der Waals surface area contributed by atoms with Gasteiger partial charge < -0.3 is 5.73 Å². The fourth-order valence-corrected chi connectivity index (χ4v) is 3.02. The molecule has 0 spiro atoms. The molecule has 1 aliphatic heterocycles. The van der Waals surface area contributed by atoms with Crippen molar-refractivity contribution in [2.24, 2.45) is 11.7 Å². The Hall–Kier alpha value is -1.07. The number of hydrogen-bond donors (Lipinski definition) is 1. The van der Waals surface area contributed by atoms with Gasteiger partial charge in [0.2, 0.25) is 0 Å². The molecule has 5 heteroatoms. The zero-order chi connectivity index (χ0) is 15.6. The maximum atomic E-state index is 12.8. The fourth-order valence-electron chi connectivity index (χ4n) is 3.02. The van der Waals surface area contributed by atoms with Gasteiger partial charge >= 0.3 is 6.18 Å². The summed E-state index contributed by atoms with van der Waals surface area (Å²) in [4.78, 5) is 2.24. The monoisotopic (exact) mass is 300 g/mol. The summed E-state index contributed by atoms with van der Waals surface area (Å²) in [6, 6.07) is 5.85. The quantitative estimate of drug-likeness (QED) is 0.919. The van der Waals surface area contributed by atoms with E-state index in [-0.39, 0.29) is 12.1 Å². The van der Waals surface area contributed by atoms with Crippen LogP contribution in [-0.4, -0.2) is 24.0 Å². The van der Waals surface area contributed by atoms with Gasteiger partial charge in [-0.25, -0.2) is 0 Å². The zero-order valence-electron chi connectivity index (χ0n) is 12.5. The Labute approximate surface area is 124 Å². The average molecular weight is 300 g/mol. The molecule has 1 heterocycles. The predicted octanol–water partition coefficient (Wildman–Crippen LogP) is 3.83. The molecular formula is C16H23F3N2. The molecule has 2 rings (SSSR count). The predicted molar refractivity (Wildman–Crippen MR) is 77.8 cm³/mol. The maximum Gasteiger partial charge on any atom is 0.416 e. The summed E-state index contributed by atoms with van der Waals surface area (Å²) >= 11 is 0. The Bertz CT molecular complexity index is 463. The molecule has 118 valence electrons. The molecule has 21 heavy (non-hydrogen) atoms. The SMILES string of the molecule is CC(N)C1CCN(C(C)c2cccc(C(F)(F)F)c2)CC1. The van der Waals surface area contributed by atoms with Gasteiger partial charge in [0.1, 0.15) is 0 Å². The van der Waals surface area contributed by atoms with Crippen molar-refractivity contribution in [3.63, 3.8) is 0 Å². The fraction of sp³-hybridized carbons (Fsp3) is 0.625. The summed E-state index contributed by atoms with van der Waals surface area (Å²) in [7, 11) is 0. The summed E-state index contributed by atoms with van der Waals surface area (Å²) in [5.41, 5.74) is 6.08. The lowest BCUT2D eigenvalue weighted by atomic mass is 9.89. The molecule has 0 bridgehead atoms. The van der Waals surface area contributed by atoms with E-state index in [0.29, 0.717) is 5.92 Å². The molecule has 0 aliphatic carbocycles. The van der Waals surface area contributed by atoms with Crippen LogP contribution in [0.5, 0.6) is 0 Å². The van der Waals surface area contributed by atoms with Gasteiger partial charge in [0.05, 0.1) is 5.56 Å². The van der Waals surface area contributed by atoms with Crippen LogP contribution in [-0.2, 0) is 6.18 Å². The van der Waals surface area contributed by atoms with Crippen LogP contribution in [0.3, 0.4) is 0 Å². The molecule has 1 saturated heterocycles. The Morgan fingerprint density at radius 3 is 2.33 bits per heavy atom. The number of piperidine rings is 1. The van der Waals surface area contributed by atoms with Crippen LogP contribution in [0.4, 0.5) is 13.2 Å². The van der Waals surface area contributed by atoms with Gasteiger partial charge in [0, 0.05) is 12.1 Å². The van der Waals surface area contributed by atoms with Crippen molar-refractivity contribution in [2.45, 2.75) is 44.9 Å². The van der Waals surface area contributed by atoms with Crippen molar-refractivity contribution in [2.75, 3.05) is 13.1 Å². The van der Waals surface area contributed by atoms with Gasteiger partial charge in [0.25, 0.3) is 0 Å². The molecule has 2 unspecified atom stereocenters. The van der Waals surface area contributed by atoms with Crippen LogP contribution >= 0.6 is 0 Å². The van der Waals surface area contributed by atoms with E-state index in [1.54, 1.807) is 6.07 Å². The highest BCUT2D eigenvalue weighted by Gasteiger charge is 2.31. The van der Waals surface area contributed by atoms with Gasteiger partial charge in [0.15, 0.2) is 0 Å². The number of rotatable bonds is 3. The normalized spacial score (nSPS) is 21.2. The summed E-state index contributed by atoms with van der Waals surface area (Å²) < 4.78 is 38.4. The van der Waals surface area contributed by atoms with E-state index in [2.05, 4.69) is 4.90 Å². The minimum absolute atomic E-state index is 0.00123. The zero-order valence-corrected chi connectivity index (χ0v) is 12.5. The first kappa shape index (κ1) is 16.3. The van der Waals surface area contributed by atoms with Crippen molar-refractivity contribution in [1.82, 2.24) is 4.90 Å². The third kappa shape index (κ3) is 3.98. The molecule has 2 atom stereocenters. The third-order valence-corrected chi connectivity index (χ3v) is 4.56. The van der Waals surface area contributed by atoms with Crippen LogP contribution in [0, 0.1) is 5.92 Å². The largest absolute Gasteiger partial charge is 0.416 e. The number of nitrogens with two attached hydrogens (primary N) is 1. The molecule has 1 aromatic carbocycles. The molecule has 0 amide bonds.